The lowest BCUT2D eigenvalue weighted by atomic mass is 10.0. The van der Waals surface area contributed by atoms with E-state index in [2.05, 4.69) is 26.6 Å². The van der Waals surface area contributed by atoms with E-state index in [1.807, 2.05) is 0 Å². The number of unbranched alkanes of at least 4 members (excludes halogenated alkanes) is 3. The van der Waals surface area contributed by atoms with Crippen molar-refractivity contribution in [1.29, 1.82) is 0 Å². The Morgan fingerprint density at radius 3 is 1.55 bits per heavy atom. The molecule has 3 rings (SSSR count). The van der Waals surface area contributed by atoms with Crippen molar-refractivity contribution in [2.24, 2.45) is 22.9 Å². The summed E-state index contributed by atoms with van der Waals surface area (Å²) in [6, 6.07) is -6.85. The van der Waals surface area contributed by atoms with E-state index in [1.165, 1.54) is 9.80 Å². The molecule has 3 heterocycles. The molecule has 0 aromatic heterocycles. The Hall–Kier alpha value is -4.40. The first-order chi connectivity index (χ1) is 27.8. The van der Waals surface area contributed by atoms with Gasteiger partial charge in [0.2, 0.25) is 41.4 Å². The van der Waals surface area contributed by atoms with E-state index in [0.29, 0.717) is 96.8 Å². The average Bonchev–Trinajstić information content (AvgIpc) is 4.01. The van der Waals surface area contributed by atoms with Crippen LogP contribution in [0.1, 0.15) is 109 Å². The molecule has 3 aliphatic heterocycles. The van der Waals surface area contributed by atoms with Crippen molar-refractivity contribution in [2.45, 2.75) is 151 Å². The molecule has 3 fully saturated rings. The van der Waals surface area contributed by atoms with Gasteiger partial charge >= 0.3 is 5.97 Å². The molecule has 20 nitrogen and oxygen atoms in total. The zero-order chi connectivity index (χ0) is 42.6. The third-order valence-corrected chi connectivity index (χ3v) is 11.1. The van der Waals surface area contributed by atoms with Gasteiger partial charge in [-0.1, -0.05) is 0 Å². The summed E-state index contributed by atoms with van der Waals surface area (Å²) in [7, 11) is 0. The monoisotopic (exact) mass is 822 g/mol. The number of aliphatic carboxylic acids is 1. The highest BCUT2D eigenvalue weighted by atomic mass is 16.4. The minimum atomic E-state index is -1.12. The zero-order valence-electron chi connectivity index (χ0n) is 33.7. The highest BCUT2D eigenvalue weighted by Crippen LogP contribution is 2.22. The third-order valence-electron chi connectivity index (χ3n) is 11.1. The van der Waals surface area contributed by atoms with E-state index in [-0.39, 0.29) is 51.1 Å². The van der Waals surface area contributed by atoms with Crippen LogP contribution in [0.5, 0.6) is 0 Å². The molecule has 0 aromatic carbocycles. The van der Waals surface area contributed by atoms with Crippen LogP contribution >= 0.6 is 0 Å². The number of carboxylic acids is 1. The number of nitrogens with two attached hydrogens (primary N) is 4. The number of rotatable bonds is 26. The summed E-state index contributed by atoms with van der Waals surface area (Å²) in [5.74, 6) is -5.08. The molecule has 7 amide bonds. The van der Waals surface area contributed by atoms with Gasteiger partial charge in [-0.2, -0.15) is 0 Å². The van der Waals surface area contributed by atoms with Crippen molar-refractivity contribution in [3.8, 4) is 0 Å². The van der Waals surface area contributed by atoms with Gasteiger partial charge in [-0.25, -0.2) is 4.79 Å². The normalized spacial score (nSPS) is 21.1. The van der Waals surface area contributed by atoms with E-state index in [9.17, 15) is 43.5 Å². The van der Waals surface area contributed by atoms with Crippen molar-refractivity contribution in [3.05, 3.63) is 0 Å². The summed E-state index contributed by atoms with van der Waals surface area (Å²) in [5.41, 5.74) is 22.5. The summed E-state index contributed by atoms with van der Waals surface area (Å²) < 4.78 is 0. The summed E-state index contributed by atoms with van der Waals surface area (Å²) in [4.78, 5) is 109. The van der Waals surface area contributed by atoms with Crippen LogP contribution in [-0.2, 0) is 38.4 Å². The smallest absolute Gasteiger partial charge is 0.326 e. The Morgan fingerprint density at radius 1 is 0.586 bits per heavy atom. The van der Waals surface area contributed by atoms with Crippen molar-refractivity contribution in [3.63, 3.8) is 0 Å². The number of amides is 7. The molecule has 14 N–H and O–H groups in total. The second-order valence-electron chi connectivity index (χ2n) is 15.5. The molecule has 0 saturated carbocycles. The van der Waals surface area contributed by atoms with Crippen LogP contribution in [0.2, 0.25) is 0 Å². The van der Waals surface area contributed by atoms with Gasteiger partial charge in [-0.15, -0.1) is 0 Å². The highest BCUT2D eigenvalue weighted by molar-refractivity contribution is 5.97. The zero-order valence-corrected chi connectivity index (χ0v) is 33.7. The number of likely N-dealkylation sites (tertiary alicyclic amines) is 2. The van der Waals surface area contributed by atoms with E-state index >= 15 is 0 Å². The number of nitrogens with zero attached hydrogens (tertiary/aromatic N) is 2. The second-order valence-corrected chi connectivity index (χ2v) is 15.5. The number of carbonyl (C=O) groups excluding carboxylic acids is 7. The predicted octanol–water partition coefficient (Wildman–Crippen LogP) is -2.60. The van der Waals surface area contributed by atoms with E-state index in [4.69, 9.17) is 22.9 Å². The average molecular weight is 822 g/mol. The molecular formula is C38H67N11O9. The Labute approximate surface area is 340 Å². The highest BCUT2D eigenvalue weighted by Gasteiger charge is 2.41. The lowest BCUT2D eigenvalue weighted by molar-refractivity contribution is -0.149. The van der Waals surface area contributed by atoms with Gasteiger partial charge in [0.15, 0.2) is 0 Å². The number of hydrogen-bond donors (Lipinski definition) is 10. The summed E-state index contributed by atoms with van der Waals surface area (Å²) >= 11 is 0. The number of carboxylic acid groups (broad SMARTS) is 1. The van der Waals surface area contributed by atoms with Gasteiger partial charge < -0.3 is 64.4 Å². The van der Waals surface area contributed by atoms with Crippen LogP contribution in [0.3, 0.4) is 0 Å². The van der Waals surface area contributed by atoms with Crippen molar-refractivity contribution in [1.82, 2.24) is 36.4 Å². The molecular weight excluding hydrogens is 754 g/mol. The number of primary amides is 1. The maximum Gasteiger partial charge on any atom is 0.326 e. The third kappa shape index (κ3) is 14.8. The first-order valence-electron chi connectivity index (χ1n) is 21.0. The number of hydrogen-bond acceptors (Lipinski definition) is 12. The van der Waals surface area contributed by atoms with Gasteiger partial charge in [0.1, 0.15) is 36.3 Å². The summed E-state index contributed by atoms with van der Waals surface area (Å²) in [6.07, 6.45) is 6.42. The van der Waals surface area contributed by atoms with E-state index < -0.39 is 83.7 Å². The lowest BCUT2D eigenvalue weighted by Crippen LogP contribution is -2.59. The lowest BCUT2D eigenvalue weighted by Gasteiger charge is -2.31. The van der Waals surface area contributed by atoms with Crippen LogP contribution < -0.4 is 49.5 Å². The molecule has 0 aliphatic carbocycles. The largest absolute Gasteiger partial charge is 0.480 e. The molecule has 0 spiro atoms. The molecule has 0 bridgehead atoms. The predicted molar refractivity (Wildman–Crippen MR) is 213 cm³/mol. The molecule has 0 radical (unpaired) electrons. The molecule has 7 atom stereocenters. The first kappa shape index (κ1) is 48.0. The van der Waals surface area contributed by atoms with Gasteiger partial charge in [0, 0.05) is 19.5 Å². The quantitative estimate of drug-likeness (QED) is 0.0401. The van der Waals surface area contributed by atoms with Crippen LogP contribution in [0.15, 0.2) is 0 Å². The molecule has 328 valence electrons. The Morgan fingerprint density at radius 2 is 1.05 bits per heavy atom. The topological polar surface area (TPSA) is 328 Å². The van der Waals surface area contributed by atoms with Crippen LogP contribution in [0, 0.1) is 0 Å². The fourth-order valence-electron chi connectivity index (χ4n) is 7.80. The van der Waals surface area contributed by atoms with E-state index in [0.717, 1.165) is 6.42 Å². The van der Waals surface area contributed by atoms with Crippen LogP contribution in [-0.4, -0.2) is 144 Å². The Kier molecular flexibility index (Phi) is 20.8. The van der Waals surface area contributed by atoms with Gasteiger partial charge in [-0.05, 0) is 129 Å². The maximum atomic E-state index is 14.0. The Bertz CT molecular complexity index is 1410. The molecule has 3 saturated heterocycles. The second kappa shape index (κ2) is 25.2. The molecule has 0 aromatic rings. The van der Waals surface area contributed by atoms with Crippen molar-refractivity contribution < 1.29 is 43.5 Å². The van der Waals surface area contributed by atoms with Gasteiger partial charge in [0.25, 0.3) is 0 Å². The maximum absolute atomic E-state index is 14.0. The minimum Gasteiger partial charge on any atom is -0.480 e. The van der Waals surface area contributed by atoms with Crippen molar-refractivity contribution in [2.75, 3.05) is 39.3 Å². The SMILES string of the molecule is NCCCC[C@H](NC(=O)[C@H](CCCCN)NC(=O)[C@@H]1CCCN1C(=O)[C@H](CCC(N)=O)NC(=O)[C@@H]1CCCN1)C(=O)N[C@@H](CCCCN)C(=O)N1CCC[C@H]1C(=O)O. The van der Waals surface area contributed by atoms with Crippen molar-refractivity contribution >= 4 is 47.3 Å². The number of carbonyl (C=O) groups is 8. The molecule has 20 heteroatoms. The standard InChI is InChI=1S/C38H67N11O9/c39-18-4-1-10-25(34(53)46-27(12-3-6-20-41)36(55)49-23-9-15-30(49)38(57)58)44-33(52)26(11-2-5-19-40)45-35(54)29-14-8-22-48(29)37(56)28(16-17-31(42)50)47-32(51)24-13-7-21-43-24/h24-30,43H,1-23,39-41H2,(H2,42,50)(H,44,52)(H,45,54)(H,46,53)(H,47,51)(H,57,58)/t24-,25-,26-,27-,28-,29-,30-/m0/s1. The molecule has 3 aliphatic rings. The van der Waals surface area contributed by atoms with E-state index in [1.54, 1.807) is 0 Å². The Balaban J connectivity index is 1.79. The minimum absolute atomic E-state index is 0.0488. The fourth-order valence-corrected chi connectivity index (χ4v) is 7.80. The van der Waals surface area contributed by atoms with Crippen LogP contribution in [0.25, 0.3) is 0 Å². The molecule has 58 heavy (non-hydrogen) atoms. The van der Waals surface area contributed by atoms with Gasteiger partial charge in [0.05, 0.1) is 6.04 Å². The van der Waals surface area contributed by atoms with Crippen LogP contribution in [0.4, 0.5) is 0 Å². The van der Waals surface area contributed by atoms with Gasteiger partial charge in [-0.3, -0.25) is 33.6 Å². The summed E-state index contributed by atoms with van der Waals surface area (Å²) in [5, 5.41) is 23.9. The molecule has 0 unspecified atom stereocenters. The fraction of sp³-hybridized carbons (Fsp3) is 0.789. The number of nitrogens with one attached hydrogen (secondary N) is 5. The first-order valence-corrected chi connectivity index (χ1v) is 21.0. The summed E-state index contributed by atoms with van der Waals surface area (Å²) in [6.45, 7) is 2.16.